The quantitative estimate of drug-likeness (QED) is 0.211. The van der Waals surface area contributed by atoms with Crippen LogP contribution in [0.25, 0.3) is 44.2 Å². The second kappa shape index (κ2) is 10.7. The Bertz CT molecular complexity index is 1830. The van der Waals surface area contributed by atoms with Crippen LogP contribution in [0.1, 0.15) is 20.8 Å². The molecule has 0 saturated heterocycles. The normalized spacial score (nSPS) is 11.5. The Labute approximate surface area is 240 Å². The largest absolute Gasteiger partial charge is 0.331 e. The summed E-state index contributed by atoms with van der Waals surface area (Å²) in [5.74, 6) is -0.802. The minimum Gasteiger partial charge on any atom is -0.331 e. The second-order valence-electron chi connectivity index (χ2n) is 11.3. The van der Waals surface area contributed by atoms with Crippen molar-refractivity contribution in [3.8, 4) is 33.4 Å². The predicted molar refractivity (Wildman–Crippen MR) is 169 cm³/mol. The van der Waals surface area contributed by atoms with Gasteiger partial charge in [0, 0.05) is 11.1 Å². The first-order valence-corrected chi connectivity index (χ1v) is 13.8. The molecule has 0 aromatic heterocycles. The summed E-state index contributed by atoms with van der Waals surface area (Å²) >= 11 is 0. The van der Waals surface area contributed by atoms with Gasteiger partial charge in [0.1, 0.15) is 11.6 Å². The maximum atomic E-state index is 16.4. The van der Waals surface area contributed by atoms with Gasteiger partial charge in [-0.15, -0.1) is 0 Å². The molecule has 0 aliphatic rings. The number of anilines is 2. The lowest BCUT2D eigenvalue weighted by Crippen LogP contribution is -2.39. The third kappa shape index (κ3) is 5.12. The van der Waals surface area contributed by atoms with Crippen LogP contribution in [-0.4, -0.2) is 5.54 Å². The number of rotatable bonds is 5. The summed E-state index contributed by atoms with van der Waals surface area (Å²) in [5.41, 5.74) is 5.52. The fourth-order valence-corrected chi connectivity index (χ4v) is 5.60. The van der Waals surface area contributed by atoms with E-state index in [4.69, 9.17) is 0 Å². The lowest BCUT2D eigenvalue weighted by atomic mass is 9.92. The lowest BCUT2D eigenvalue weighted by Gasteiger charge is -2.39. The number of fused-ring (bicyclic) bond motifs is 1. The first kappa shape index (κ1) is 26.5. The maximum absolute atomic E-state index is 16.4. The third-order valence-electron chi connectivity index (χ3n) is 7.45. The highest BCUT2D eigenvalue weighted by molar-refractivity contribution is 5.97. The zero-order valence-electron chi connectivity index (χ0n) is 23.4. The molecule has 0 amide bonds. The molecule has 6 rings (SSSR count). The Morgan fingerprint density at radius 1 is 0.488 bits per heavy atom. The average molecular weight is 540 g/mol. The van der Waals surface area contributed by atoms with Gasteiger partial charge in [0.15, 0.2) is 0 Å². The number of benzene rings is 6. The summed E-state index contributed by atoms with van der Waals surface area (Å²) in [6.07, 6.45) is 0. The summed E-state index contributed by atoms with van der Waals surface area (Å²) in [4.78, 5) is 1.78. The molecule has 3 heteroatoms. The SMILES string of the molecule is CC(C)(C)N(c1ccccc1F)c1c(F)cc(-c2ccccc2)cc1-c1ccc(-c2cccc3ccccc23)cc1. The molecule has 0 unspecified atom stereocenters. The van der Waals surface area contributed by atoms with Crippen molar-refractivity contribution in [3.63, 3.8) is 0 Å². The second-order valence-corrected chi connectivity index (χ2v) is 11.3. The minimum atomic E-state index is -0.616. The molecule has 1 nitrogen and oxygen atoms in total. The van der Waals surface area contributed by atoms with Crippen molar-refractivity contribution in [2.45, 2.75) is 26.3 Å². The van der Waals surface area contributed by atoms with Crippen LogP contribution in [0.5, 0.6) is 0 Å². The number of halogens is 2. The standard InChI is InChI=1S/C38H31F2N/c1-38(2,3)41(36-19-10-9-18-34(36)39)37-33(24-30(25-35(37)40)26-12-5-4-6-13-26)29-22-20-28(21-23-29)32-17-11-15-27-14-7-8-16-31(27)32/h4-25H,1-3H3. The van der Waals surface area contributed by atoms with E-state index in [1.165, 1.54) is 16.8 Å². The van der Waals surface area contributed by atoms with Crippen molar-refractivity contribution in [2.24, 2.45) is 0 Å². The molecule has 6 aromatic rings. The van der Waals surface area contributed by atoms with Crippen molar-refractivity contribution in [1.82, 2.24) is 0 Å². The van der Waals surface area contributed by atoms with Gasteiger partial charge >= 0.3 is 0 Å². The van der Waals surface area contributed by atoms with Crippen molar-refractivity contribution in [2.75, 3.05) is 4.90 Å². The molecule has 0 atom stereocenters. The fourth-order valence-electron chi connectivity index (χ4n) is 5.60. The number of nitrogens with zero attached hydrogens (tertiary/aromatic N) is 1. The monoisotopic (exact) mass is 539 g/mol. The molecule has 0 heterocycles. The van der Waals surface area contributed by atoms with E-state index in [9.17, 15) is 0 Å². The molecule has 41 heavy (non-hydrogen) atoms. The van der Waals surface area contributed by atoms with Crippen LogP contribution in [0.3, 0.4) is 0 Å². The van der Waals surface area contributed by atoms with Crippen molar-refractivity contribution in [1.29, 1.82) is 0 Å². The number of para-hydroxylation sites is 1. The molecular formula is C38H31F2N. The van der Waals surface area contributed by atoms with Gasteiger partial charge in [-0.3, -0.25) is 0 Å². The van der Waals surface area contributed by atoms with Crippen molar-refractivity contribution >= 4 is 22.1 Å². The van der Waals surface area contributed by atoms with Crippen LogP contribution in [0.4, 0.5) is 20.2 Å². The molecular weight excluding hydrogens is 508 g/mol. The molecule has 0 aliphatic heterocycles. The molecule has 202 valence electrons. The van der Waals surface area contributed by atoms with Gasteiger partial charge in [0.05, 0.1) is 11.4 Å². The Kier molecular flexibility index (Phi) is 6.88. The highest BCUT2D eigenvalue weighted by Gasteiger charge is 2.31. The van der Waals surface area contributed by atoms with Crippen molar-refractivity contribution in [3.05, 3.63) is 145 Å². The molecule has 0 radical (unpaired) electrons. The van der Waals surface area contributed by atoms with Gasteiger partial charge in [-0.1, -0.05) is 109 Å². The van der Waals surface area contributed by atoms with E-state index in [2.05, 4.69) is 42.5 Å². The molecule has 0 saturated carbocycles. The first-order chi connectivity index (χ1) is 19.8. The molecule has 0 N–H and O–H groups in total. The van der Waals surface area contributed by atoms with Crippen LogP contribution < -0.4 is 4.90 Å². The van der Waals surface area contributed by atoms with E-state index in [-0.39, 0.29) is 0 Å². The highest BCUT2D eigenvalue weighted by atomic mass is 19.1. The molecule has 0 spiro atoms. The molecule has 0 aliphatic carbocycles. The Balaban J connectivity index is 1.56. The zero-order valence-corrected chi connectivity index (χ0v) is 23.4. The van der Waals surface area contributed by atoms with Crippen molar-refractivity contribution < 1.29 is 8.78 Å². The number of hydrogen-bond donors (Lipinski definition) is 0. The summed E-state index contributed by atoms with van der Waals surface area (Å²) < 4.78 is 31.7. The molecule has 0 bridgehead atoms. The third-order valence-corrected chi connectivity index (χ3v) is 7.45. The smallest absolute Gasteiger partial charge is 0.148 e. The van der Waals surface area contributed by atoms with E-state index in [0.717, 1.165) is 27.8 Å². The summed E-state index contributed by atoms with van der Waals surface area (Å²) in [6.45, 7) is 5.91. The van der Waals surface area contributed by atoms with E-state index in [0.29, 0.717) is 16.9 Å². The van der Waals surface area contributed by atoms with E-state index >= 15 is 8.78 Å². The topological polar surface area (TPSA) is 3.24 Å². The van der Waals surface area contributed by atoms with Crippen LogP contribution >= 0.6 is 0 Å². The molecule has 0 fully saturated rings. The summed E-state index contributed by atoms with van der Waals surface area (Å²) in [6, 6.07) is 42.8. The van der Waals surface area contributed by atoms with Gasteiger partial charge in [0.25, 0.3) is 0 Å². The van der Waals surface area contributed by atoms with Crippen LogP contribution in [0.2, 0.25) is 0 Å². The van der Waals surface area contributed by atoms with E-state index in [1.807, 2.05) is 81.4 Å². The Hall–Kier alpha value is -4.76. The zero-order chi connectivity index (χ0) is 28.6. The highest BCUT2D eigenvalue weighted by Crippen LogP contribution is 2.45. The lowest BCUT2D eigenvalue weighted by molar-refractivity contribution is 0.527. The Morgan fingerprint density at radius 2 is 1.10 bits per heavy atom. The number of hydrogen-bond acceptors (Lipinski definition) is 1. The maximum Gasteiger partial charge on any atom is 0.148 e. The van der Waals surface area contributed by atoms with Crippen LogP contribution in [0, 0.1) is 11.6 Å². The predicted octanol–water partition coefficient (Wildman–Crippen LogP) is 11.1. The van der Waals surface area contributed by atoms with Gasteiger partial charge in [-0.2, -0.15) is 0 Å². The first-order valence-electron chi connectivity index (χ1n) is 13.8. The van der Waals surface area contributed by atoms with Crippen LogP contribution in [-0.2, 0) is 0 Å². The van der Waals surface area contributed by atoms with Gasteiger partial charge in [-0.05, 0) is 83.6 Å². The summed E-state index contributed by atoms with van der Waals surface area (Å²) in [5, 5.41) is 2.36. The van der Waals surface area contributed by atoms with E-state index in [1.54, 1.807) is 29.2 Å². The molecule has 6 aromatic carbocycles. The van der Waals surface area contributed by atoms with Gasteiger partial charge in [0.2, 0.25) is 0 Å². The summed E-state index contributed by atoms with van der Waals surface area (Å²) in [7, 11) is 0. The van der Waals surface area contributed by atoms with Gasteiger partial charge < -0.3 is 4.90 Å². The van der Waals surface area contributed by atoms with Gasteiger partial charge in [-0.25, -0.2) is 8.78 Å². The van der Waals surface area contributed by atoms with E-state index < -0.39 is 17.2 Å². The Morgan fingerprint density at radius 3 is 1.80 bits per heavy atom. The fraction of sp³-hybridized carbons (Fsp3) is 0.105. The average Bonchev–Trinajstić information content (AvgIpc) is 2.98. The van der Waals surface area contributed by atoms with Crippen LogP contribution in [0.15, 0.2) is 133 Å². The minimum absolute atomic E-state index is 0.333.